The van der Waals surface area contributed by atoms with Gasteiger partial charge in [0, 0.05) is 31.4 Å². The van der Waals surface area contributed by atoms with Crippen LogP contribution in [0.5, 0.6) is 0 Å². The van der Waals surface area contributed by atoms with E-state index in [1.54, 1.807) is 0 Å². The van der Waals surface area contributed by atoms with Gasteiger partial charge in [0.2, 0.25) is 5.91 Å². The highest BCUT2D eigenvalue weighted by Gasteiger charge is 2.20. The lowest BCUT2D eigenvalue weighted by atomic mass is 9.99. The van der Waals surface area contributed by atoms with E-state index in [9.17, 15) is 4.79 Å². The highest BCUT2D eigenvalue weighted by atomic mass is 16.2. The second-order valence-electron chi connectivity index (χ2n) is 6.13. The van der Waals surface area contributed by atoms with E-state index in [-0.39, 0.29) is 5.91 Å². The number of carbonyl (C=O) groups excluding carboxylic acids is 1. The van der Waals surface area contributed by atoms with Gasteiger partial charge in [0.25, 0.3) is 0 Å². The molecule has 3 rings (SSSR count). The van der Waals surface area contributed by atoms with Crippen LogP contribution in [0.25, 0.3) is 5.57 Å². The zero-order valence-electron chi connectivity index (χ0n) is 14.0. The fourth-order valence-corrected chi connectivity index (χ4v) is 3.15. The molecule has 1 aliphatic rings. The highest BCUT2D eigenvalue weighted by Crippen LogP contribution is 2.23. The van der Waals surface area contributed by atoms with Gasteiger partial charge in [-0.15, -0.1) is 0 Å². The van der Waals surface area contributed by atoms with Gasteiger partial charge < -0.3 is 4.90 Å². The molecule has 4 nitrogen and oxygen atoms in total. The molecule has 0 saturated carbocycles. The maximum absolute atomic E-state index is 12.6. The predicted octanol–water partition coefficient (Wildman–Crippen LogP) is 2.90. The maximum Gasteiger partial charge on any atom is 0.227 e. The van der Waals surface area contributed by atoms with Crippen LogP contribution in [0, 0.1) is 13.8 Å². The number of rotatable bonds is 3. The van der Waals surface area contributed by atoms with Crippen molar-refractivity contribution in [1.29, 1.82) is 0 Å². The van der Waals surface area contributed by atoms with E-state index >= 15 is 0 Å². The summed E-state index contributed by atoms with van der Waals surface area (Å²) in [6.45, 7) is 5.48. The van der Waals surface area contributed by atoms with Gasteiger partial charge in [-0.2, -0.15) is 5.10 Å². The Bertz CT molecular complexity index is 743. The summed E-state index contributed by atoms with van der Waals surface area (Å²) in [6.07, 6.45) is 3.54. The highest BCUT2D eigenvalue weighted by molar-refractivity contribution is 5.81. The van der Waals surface area contributed by atoms with Crippen molar-refractivity contribution < 1.29 is 4.79 Å². The standard InChI is InChI=1S/C19H23N3O/c1-14-18(15(2)21(3)20-14)13-19(23)22-11-9-17(10-12-22)16-7-5-4-6-8-16/h4-9H,10-13H2,1-3H3. The van der Waals surface area contributed by atoms with E-state index in [1.165, 1.54) is 11.1 Å². The second kappa shape index (κ2) is 6.41. The number of benzene rings is 1. The normalized spacial score (nSPS) is 14.7. The van der Waals surface area contributed by atoms with Crippen LogP contribution in [0.2, 0.25) is 0 Å². The molecule has 0 atom stereocenters. The molecule has 1 aliphatic heterocycles. The summed E-state index contributed by atoms with van der Waals surface area (Å²) in [5.74, 6) is 0.188. The minimum Gasteiger partial charge on any atom is -0.338 e. The topological polar surface area (TPSA) is 38.1 Å². The average molecular weight is 309 g/mol. The Balaban J connectivity index is 1.68. The van der Waals surface area contributed by atoms with Gasteiger partial charge in [0.15, 0.2) is 0 Å². The van der Waals surface area contributed by atoms with Crippen LogP contribution in [0.15, 0.2) is 36.4 Å². The van der Waals surface area contributed by atoms with Gasteiger partial charge in [-0.05, 0) is 31.4 Å². The Morgan fingerprint density at radius 2 is 1.96 bits per heavy atom. The molecule has 2 heterocycles. The Kier molecular flexibility index (Phi) is 4.33. The van der Waals surface area contributed by atoms with E-state index in [1.807, 2.05) is 36.5 Å². The van der Waals surface area contributed by atoms with Crippen LogP contribution in [-0.2, 0) is 18.3 Å². The zero-order valence-corrected chi connectivity index (χ0v) is 14.0. The minimum atomic E-state index is 0.188. The number of carbonyl (C=O) groups is 1. The molecule has 120 valence electrons. The molecule has 0 unspecified atom stereocenters. The molecular weight excluding hydrogens is 286 g/mol. The number of nitrogens with zero attached hydrogens (tertiary/aromatic N) is 3. The fraction of sp³-hybridized carbons (Fsp3) is 0.368. The van der Waals surface area contributed by atoms with Crippen molar-refractivity contribution in [2.45, 2.75) is 26.7 Å². The predicted molar refractivity (Wildman–Crippen MR) is 92.0 cm³/mol. The molecule has 0 fully saturated rings. The number of hydrogen-bond acceptors (Lipinski definition) is 2. The summed E-state index contributed by atoms with van der Waals surface area (Å²) in [7, 11) is 1.92. The van der Waals surface area contributed by atoms with E-state index < -0.39 is 0 Å². The molecule has 23 heavy (non-hydrogen) atoms. The third-order valence-electron chi connectivity index (χ3n) is 4.69. The van der Waals surface area contributed by atoms with E-state index in [4.69, 9.17) is 0 Å². The first-order valence-electron chi connectivity index (χ1n) is 8.07. The Morgan fingerprint density at radius 1 is 1.22 bits per heavy atom. The summed E-state index contributed by atoms with van der Waals surface area (Å²) in [5, 5.41) is 4.39. The van der Waals surface area contributed by atoms with Crippen molar-refractivity contribution in [3.05, 3.63) is 58.9 Å². The van der Waals surface area contributed by atoms with Crippen LogP contribution in [0.4, 0.5) is 0 Å². The lowest BCUT2D eigenvalue weighted by Gasteiger charge is -2.27. The first-order chi connectivity index (χ1) is 11.1. The van der Waals surface area contributed by atoms with Gasteiger partial charge in [-0.25, -0.2) is 0 Å². The molecule has 1 amide bonds. The third kappa shape index (κ3) is 3.21. The minimum absolute atomic E-state index is 0.188. The van der Waals surface area contributed by atoms with Crippen LogP contribution < -0.4 is 0 Å². The van der Waals surface area contributed by atoms with Crippen molar-refractivity contribution in [3.8, 4) is 0 Å². The van der Waals surface area contributed by atoms with Crippen molar-refractivity contribution in [1.82, 2.24) is 14.7 Å². The van der Waals surface area contributed by atoms with Crippen molar-refractivity contribution in [2.75, 3.05) is 13.1 Å². The molecule has 4 heteroatoms. The molecule has 2 aromatic rings. The summed E-state index contributed by atoms with van der Waals surface area (Å²) in [4.78, 5) is 14.5. The molecule has 0 aliphatic carbocycles. The van der Waals surface area contributed by atoms with Gasteiger partial charge in [0.05, 0.1) is 12.1 Å². The molecular formula is C19H23N3O. The molecule has 1 aromatic heterocycles. The van der Waals surface area contributed by atoms with Gasteiger partial charge in [-0.3, -0.25) is 9.48 Å². The second-order valence-corrected chi connectivity index (χ2v) is 6.13. The molecule has 0 radical (unpaired) electrons. The van der Waals surface area contributed by atoms with Crippen molar-refractivity contribution in [3.63, 3.8) is 0 Å². The zero-order chi connectivity index (χ0) is 16.4. The van der Waals surface area contributed by atoms with Gasteiger partial charge in [0.1, 0.15) is 0 Å². The van der Waals surface area contributed by atoms with E-state index in [2.05, 4.69) is 35.4 Å². The maximum atomic E-state index is 12.6. The number of aromatic nitrogens is 2. The fourth-order valence-electron chi connectivity index (χ4n) is 3.15. The molecule has 1 aromatic carbocycles. The first kappa shape index (κ1) is 15.5. The van der Waals surface area contributed by atoms with Gasteiger partial charge in [-0.1, -0.05) is 36.4 Å². The SMILES string of the molecule is Cc1nn(C)c(C)c1CC(=O)N1CC=C(c2ccccc2)CC1. The van der Waals surface area contributed by atoms with E-state index in [0.29, 0.717) is 13.0 Å². The average Bonchev–Trinajstić information content (AvgIpc) is 2.82. The van der Waals surface area contributed by atoms with Crippen LogP contribution in [-0.4, -0.2) is 33.7 Å². The largest absolute Gasteiger partial charge is 0.338 e. The van der Waals surface area contributed by atoms with Crippen molar-refractivity contribution in [2.24, 2.45) is 7.05 Å². The van der Waals surface area contributed by atoms with Crippen molar-refractivity contribution >= 4 is 11.5 Å². The third-order valence-corrected chi connectivity index (χ3v) is 4.69. The number of amides is 1. The summed E-state index contributed by atoms with van der Waals surface area (Å²) < 4.78 is 1.85. The summed E-state index contributed by atoms with van der Waals surface area (Å²) in [5.41, 5.74) is 5.70. The van der Waals surface area contributed by atoms with E-state index in [0.717, 1.165) is 29.9 Å². The summed E-state index contributed by atoms with van der Waals surface area (Å²) in [6, 6.07) is 10.4. The Hall–Kier alpha value is -2.36. The smallest absolute Gasteiger partial charge is 0.227 e. The quantitative estimate of drug-likeness (QED) is 0.874. The summed E-state index contributed by atoms with van der Waals surface area (Å²) >= 11 is 0. The lowest BCUT2D eigenvalue weighted by molar-refractivity contribution is -0.130. The Labute approximate surface area is 137 Å². The van der Waals surface area contributed by atoms with Crippen LogP contribution >= 0.6 is 0 Å². The van der Waals surface area contributed by atoms with Gasteiger partial charge >= 0.3 is 0 Å². The number of hydrogen-bond donors (Lipinski definition) is 0. The molecule has 0 bridgehead atoms. The molecule has 0 saturated heterocycles. The molecule has 0 spiro atoms. The Morgan fingerprint density at radius 3 is 2.52 bits per heavy atom. The molecule has 0 N–H and O–H groups in total. The first-order valence-corrected chi connectivity index (χ1v) is 8.07. The van der Waals surface area contributed by atoms with Crippen LogP contribution in [0.3, 0.4) is 0 Å². The lowest BCUT2D eigenvalue weighted by Crippen LogP contribution is -2.35. The number of aryl methyl sites for hydroxylation is 2. The van der Waals surface area contributed by atoms with Crippen LogP contribution in [0.1, 0.15) is 28.9 Å². The monoisotopic (exact) mass is 309 g/mol.